The van der Waals surface area contributed by atoms with Crippen molar-refractivity contribution in [1.29, 1.82) is 0 Å². The predicted octanol–water partition coefficient (Wildman–Crippen LogP) is 0.947. The molecule has 3 N–H and O–H groups in total. The van der Waals surface area contributed by atoms with Gasteiger partial charge < -0.3 is 25.2 Å². The maximum atomic E-state index is 11.8. The van der Waals surface area contributed by atoms with E-state index in [-0.39, 0.29) is 32.3 Å². The number of nitrogens with one attached hydrogen (secondary N) is 1. The number of aliphatic hydroxyl groups is 2. The zero-order valence-corrected chi connectivity index (χ0v) is 12.6. The molecule has 0 aliphatic carbocycles. The molecule has 0 atom stereocenters. The van der Waals surface area contributed by atoms with E-state index in [0.29, 0.717) is 27.9 Å². The number of benzene rings is 1. The van der Waals surface area contributed by atoms with E-state index in [1.807, 2.05) is 0 Å². The van der Waals surface area contributed by atoms with Crippen LogP contribution < -0.4 is 10.1 Å². The zero-order chi connectivity index (χ0) is 16.1. The average Bonchev–Trinajstić information content (AvgIpc) is 2.48. The molecule has 22 heavy (non-hydrogen) atoms. The summed E-state index contributed by atoms with van der Waals surface area (Å²) in [5.41, 5.74) is 1.11. The zero-order valence-electron chi connectivity index (χ0n) is 11.9. The predicted molar refractivity (Wildman–Crippen MR) is 83.1 cm³/mol. The molecular weight excluding hydrogens is 308 g/mol. The number of nitrogens with zero attached hydrogens (tertiary/aromatic N) is 1. The van der Waals surface area contributed by atoms with Gasteiger partial charge in [-0.05, 0) is 18.2 Å². The van der Waals surface area contributed by atoms with Gasteiger partial charge in [0.2, 0.25) is 0 Å². The minimum Gasteiger partial charge on any atom is -0.490 e. The molecule has 0 fully saturated rings. The monoisotopic (exact) mass is 324 g/mol. The molecule has 0 aromatic heterocycles. The summed E-state index contributed by atoms with van der Waals surface area (Å²) in [6, 6.07) is 4.99. The van der Waals surface area contributed by atoms with Crippen LogP contribution in [0, 0.1) is 0 Å². The second kappa shape index (κ2) is 7.31. The van der Waals surface area contributed by atoms with Gasteiger partial charge in [0.25, 0.3) is 5.91 Å². The van der Waals surface area contributed by atoms with Crippen LogP contribution in [0.2, 0.25) is 5.02 Å². The van der Waals surface area contributed by atoms with E-state index >= 15 is 0 Å². The summed E-state index contributed by atoms with van der Waals surface area (Å²) >= 11 is 6.04. The maximum absolute atomic E-state index is 11.8. The summed E-state index contributed by atoms with van der Waals surface area (Å²) in [7, 11) is 0. The molecule has 1 aliphatic heterocycles. The molecule has 1 amide bonds. The van der Waals surface area contributed by atoms with Crippen LogP contribution in [0.1, 0.15) is 5.56 Å². The largest absolute Gasteiger partial charge is 0.490 e. The third-order valence-electron chi connectivity index (χ3n) is 3.04. The molecule has 0 spiro atoms. The first-order chi connectivity index (χ1) is 10.6. The standard InChI is InChI=1S/C15H17ClN2O4/c1-10-17-15(21)9-13(18(10)4-5-19)12-8-11(16)2-3-14(12)22-7-6-20/h2-3,8-9,19-20H,1,4-7H2,(H,17,21). The van der Waals surface area contributed by atoms with Crippen molar-refractivity contribution in [2.24, 2.45) is 0 Å². The fraction of sp³-hybridized carbons (Fsp3) is 0.267. The third-order valence-corrected chi connectivity index (χ3v) is 3.28. The smallest absolute Gasteiger partial charge is 0.251 e. The quantitative estimate of drug-likeness (QED) is 0.726. The van der Waals surface area contributed by atoms with Gasteiger partial charge in [-0.3, -0.25) is 4.79 Å². The summed E-state index contributed by atoms with van der Waals surface area (Å²) in [5.74, 6) is 0.530. The molecule has 6 nitrogen and oxygen atoms in total. The van der Waals surface area contributed by atoms with Crippen molar-refractivity contribution in [1.82, 2.24) is 10.2 Å². The fourth-order valence-corrected chi connectivity index (χ4v) is 2.33. The SMILES string of the molecule is C=C1NC(=O)C=C(c2cc(Cl)ccc2OCCO)N1CCO. The van der Waals surface area contributed by atoms with Crippen LogP contribution in [-0.4, -0.2) is 47.4 Å². The topological polar surface area (TPSA) is 82.0 Å². The Bertz CT molecular complexity index is 616. The lowest BCUT2D eigenvalue weighted by molar-refractivity contribution is -0.116. The number of halogens is 1. The maximum Gasteiger partial charge on any atom is 0.251 e. The van der Waals surface area contributed by atoms with E-state index in [0.717, 1.165) is 0 Å². The highest BCUT2D eigenvalue weighted by molar-refractivity contribution is 6.30. The van der Waals surface area contributed by atoms with Crippen molar-refractivity contribution >= 4 is 23.2 Å². The normalized spacial score (nSPS) is 14.7. The molecule has 0 bridgehead atoms. The number of hydrogen-bond acceptors (Lipinski definition) is 5. The van der Waals surface area contributed by atoms with Crippen molar-refractivity contribution in [2.75, 3.05) is 26.4 Å². The van der Waals surface area contributed by atoms with Crippen molar-refractivity contribution in [2.45, 2.75) is 0 Å². The number of ether oxygens (including phenoxy) is 1. The number of β-amino-alcohol motifs (C(OH)–C–C–N with tert-alkyl or cyclic N) is 1. The molecule has 0 saturated heterocycles. The average molecular weight is 325 g/mol. The number of carbonyl (C=O) groups excluding carboxylic acids is 1. The second-order valence-electron chi connectivity index (χ2n) is 4.55. The van der Waals surface area contributed by atoms with Gasteiger partial charge in [0, 0.05) is 23.2 Å². The molecule has 1 heterocycles. The van der Waals surface area contributed by atoms with Gasteiger partial charge in [0.05, 0.1) is 18.9 Å². The molecule has 118 valence electrons. The Morgan fingerprint density at radius 1 is 1.32 bits per heavy atom. The highest BCUT2D eigenvalue weighted by Crippen LogP contribution is 2.33. The van der Waals surface area contributed by atoms with Crippen LogP contribution in [0.15, 0.2) is 36.7 Å². The van der Waals surface area contributed by atoms with Gasteiger partial charge in [-0.25, -0.2) is 0 Å². The number of aliphatic hydroxyl groups excluding tert-OH is 2. The first kappa shape index (κ1) is 16.4. The summed E-state index contributed by atoms with van der Waals surface area (Å²) in [6.45, 7) is 3.92. The van der Waals surface area contributed by atoms with E-state index in [1.54, 1.807) is 23.1 Å². The summed E-state index contributed by atoms with van der Waals surface area (Å²) in [4.78, 5) is 13.4. The molecular formula is C15H17ClN2O4. The molecule has 1 aliphatic rings. The number of carbonyl (C=O) groups is 1. The van der Waals surface area contributed by atoms with Crippen LogP contribution in [0.25, 0.3) is 5.70 Å². The van der Waals surface area contributed by atoms with E-state index < -0.39 is 0 Å². The lowest BCUT2D eigenvalue weighted by Crippen LogP contribution is -2.39. The number of rotatable bonds is 6. The van der Waals surface area contributed by atoms with Crippen molar-refractivity contribution < 1.29 is 19.7 Å². The molecule has 0 unspecified atom stereocenters. The van der Waals surface area contributed by atoms with Crippen LogP contribution in [-0.2, 0) is 4.79 Å². The molecule has 1 aromatic rings. The minimum absolute atomic E-state index is 0.111. The van der Waals surface area contributed by atoms with Crippen molar-refractivity contribution in [3.63, 3.8) is 0 Å². The minimum atomic E-state index is -0.317. The Morgan fingerprint density at radius 2 is 2.09 bits per heavy atom. The Morgan fingerprint density at radius 3 is 2.77 bits per heavy atom. The Labute approximate surface area is 133 Å². The highest BCUT2D eigenvalue weighted by Gasteiger charge is 2.24. The summed E-state index contributed by atoms with van der Waals surface area (Å²) in [5, 5.41) is 21.2. The van der Waals surface area contributed by atoms with Crippen LogP contribution in [0.3, 0.4) is 0 Å². The van der Waals surface area contributed by atoms with Gasteiger partial charge >= 0.3 is 0 Å². The Kier molecular flexibility index (Phi) is 5.43. The first-order valence-electron chi connectivity index (χ1n) is 6.70. The van der Waals surface area contributed by atoms with Gasteiger partial charge in [-0.15, -0.1) is 0 Å². The van der Waals surface area contributed by atoms with Crippen molar-refractivity contribution in [3.8, 4) is 5.75 Å². The van der Waals surface area contributed by atoms with Crippen molar-refractivity contribution in [3.05, 3.63) is 47.3 Å². The van der Waals surface area contributed by atoms with Gasteiger partial charge in [-0.1, -0.05) is 18.2 Å². The molecule has 0 radical (unpaired) electrons. The Hall–Kier alpha value is -2.02. The molecule has 1 aromatic carbocycles. The van der Waals surface area contributed by atoms with Crippen LogP contribution >= 0.6 is 11.6 Å². The van der Waals surface area contributed by atoms with Gasteiger partial charge in [0.1, 0.15) is 18.2 Å². The third kappa shape index (κ3) is 3.59. The lowest BCUT2D eigenvalue weighted by atomic mass is 10.1. The summed E-state index contributed by atoms with van der Waals surface area (Å²) in [6.07, 6.45) is 1.39. The molecule has 7 heteroatoms. The number of hydrogen-bond donors (Lipinski definition) is 3. The van der Waals surface area contributed by atoms with Crippen LogP contribution in [0.4, 0.5) is 0 Å². The molecule has 2 rings (SSSR count). The van der Waals surface area contributed by atoms with Crippen LogP contribution in [0.5, 0.6) is 5.75 Å². The van der Waals surface area contributed by atoms with Gasteiger partial charge in [0.15, 0.2) is 0 Å². The molecule has 0 saturated carbocycles. The highest BCUT2D eigenvalue weighted by atomic mass is 35.5. The lowest BCUT2D eigenvalue weighted by Gasteiger charge is -2.32. The second-order valence-corrected chi connectivity index (χ2v) is 4.99. The van der Waals surface area contributed by atoms with E-state index in [1.165, 1.54) is 6.08 Å². The van der Waals surface area contributed by atoms with E-state index in [4.69, 9.17) is 21.4 Å². The number of amides is 1. The van der Waals surface area contributed by atoms with E-state index in [9.17, 15) is 9.90 Å². The first-order valence-corrected chi connectivity index (χ1v) is 7.08. The summed E-state index contributed by atoms with van der Waals surface area (Å²) < 4.78 is 5.49. The van der Waals surface area contributed by atoms with Gasteiger partial charge in [-0.2, -0.15) is 0 Å². The Balaban J connectivity index is 2.48. The van der Waals surface area contributed by atoms with E-state index in [2.05, 4.69) is 11.9 Å². The fourth-order valence-electron chi connectivity index (χ4n) is 2.16.